The Kier molecular flexibility index (Phi) is 7.98. The molecule has 0 aliphatic carbocycles. The van der Waals surface area contributed by atoms with Crippen molar-refractivity contribution in [3.05, 3.63) is 100 Å². The van der Waals surface area contributed by atoms with Gasteiger partial charge in [0, 0.05) is 24.8 Å². The number of pyridine rings is 1. The molecule has 0 saturated heterocycles. The van der Waals surface area contributed by atoms with Gasteiger partial charge in [-0.05, 0) is 55.2 Å². The molecule has 0 spiro atoms. The summed E-state index contributed by atoms with van der Waals surface area (Å²) < 4.78 is 66.6. The molecule has 0 unspecified atom stereocenters. The normalized spacial score (nSPS) is 13.4. The van der Waals surface area contributed by atoms with Gasteiger partial charge in [-0.3, -0.25) is 15.1 Å². The molecule has 34 heavy (non-hydrogen) atoms. The highest BCUT2D eigenvalue weighted by Gasteiger charge is 2.32. The first-order chi connectivity index (χ1) is 16.1. The van der Waals surface area contributed by atoms with Gasteiger partial charge in [0.1, 0.15) is 23.4 Å². The van der Waals surface area contributed by atoms with Crippen LogP contribution in [0.5, 0.6) is 0 Å². The first kappa shape index (κ1) is 25.3. The predicted octanol–water partition coefficient (Wildman–Crippen LogP) is 5.44. The summed E-state index contributed by atoms with van der Waals surface area (Å²) in [5, 5.41) is 5.71. The largest absolute Gasteiger partial charge is 0.433 e. The van der Waals surface area contributed by atoms with E-state index < -0.39 is 41.5 Å². The number of alkyl halides is 3. The molecule has 9 heteroatoms. The molecule has 2 atom stereocenters. The average Bonchev–Trinajstić information content (AvgIpc) is 2.81. The van der Waals surface area contributed by atoms with Crippen LogP contribution in [0.4, 0.5) is 22.0 Å². The third-order valence-corrected chi connectivity index (χ3v) is 5.44. The number of hydrogen-bond acceptors (Lipinski definition) is 3. The smallest absolute Gasteiger partial charge is 0.358 e. The molecule has 1 amide bonds. The topological polar surface area (TPSA) is 54.0 Å². The number of hydrogen-bond donors (Lipinski definition) is 2. The first-order valence-electron chi connectivity index (χ1n) is 10.6. The Hall–Kier alpha value is -3.33. The van der Waals surface area contributed by atoms with E-state index >= 15 is 0 Å². The monoisotopic (exact) mass is 477 g/mol. The van der Waals surface area contributed by atoms with Crippen molar-refractivity contribution in [1.82, 2.24) is 15.6 Å². The fourth-order valence-electron chi connectivity index (χ4n) is 3.63. The molecule has 0 radical (unpaired) electrons. The number of halogens is 5. The van der Waals surface area contributed by atoms with Crippen LogP contribution in [-0.2, 0) is 17.4 Å². The second kappa shape index (κ2) is 10.7. The molecule has 0 saturated carbocycles. The molecule has 180 valence electrons. The van der Waals surface area contributed by atoms with Crippen LogP contribution in [0.1, 0.15) is 46.5 Å². The highest BCUT2D eigenvalue weighted by atomic mass is 19.4. The fraction of sp³-hybridized carbons (Fsp3) is 0.280. The summed E-state index contributed by atoms with van der Waals surface area (Å²) in [6, 6.07) is 10.6. The second-order valence-corrected chi connectivity index (χ2v) is 7.93. The minimum Gasteiger partial charge on any atom is -0.358 e. The molecule has 0 bridgehead atoms. The minimum absolute atomic E-state index is 0.266. The molecule has 0 aliphatic heterocycles. The van der Waals surface area contributed by atoms with E-state index in [0.29, 0.717) is 16.7 Å². The van der Waals surface area contributed by atoms with Crippen molar-refractivity contribution < 1.29 is 26.7 Å². The molecule has 1 aromatic heterocycles. The van der Waals surface area contributed by atoms with Crippen molar-refractivity contribution in [2.75, 3.05) is 7.05 Å². The quantitative estimate of drug-likeness (QED) is 0.425. The van der Waals surface area contributed by atoms with E-state index in [1.165, 1.54) is 43.4 Å². The number of carbonyl (C=O) groups is 1. The van der Waals surface area contributed by atoms with Crippen LogP contribution >= 0.6 is 0 Å². The number of rotatable bonds is 8. The van der Waals surface area contributed by atoms with Crippen LogP contribution in [-0.4, -0.2) is 17.9 Å². The molecule has 2 aromatic carbocycles. The van der Waals surface area contributed by atoms with Gasteiger partial charge in [0.2, 0.25) is 5.91 Å². The standard InChI is InChI=1S/C25H24F5N3O/c1-15-3-10-20(27)19(13-15)21(11-4-16-5-12-22(32-14-16)25(28,29)30)33-23(24(34)31-2)17-6-8-18(26)9-7-17/h3,5-10,12-14,21,23,33H,4,11H2,1-2H3,(H,31,34)/t21-,23+/m1/s1. The number of benzene rings is 2. The van der Waals surface area contributed by atoms with Crippen LogP contribution in [0.2, 0.25) is 0 Å². The molecule has 1 heterocycles. The fourth-order valence-corrected chi connectivity index (χ4v) is 3.63. The molecule has 0 fully saturated rings. The molecular formula is C25H24F5N3O. The van der Waals surface area contributed by atoms with Crippen molar-refractivity contribution in [3.63, 3.8) is 0 Å². The van der Waals surface area contributed by atoms with Crippen LogP contribution in [0, 0.1) is 18.6 Å². The Morgan fingerprint density at radius 2 is 1.74 bits per heavy atom. The minimum atomic E-state index is -4.54. The Morgan fingerprint density at radius 1 is 1.03 bits per heavy atom. The van der Waals surface area contributed by atoms with Crippen LogP contribution in [0.3, 0.4) is 0 Å². The molecule has 3 aromatic rings. The van der Waals surface area contributed by atoms with Gasteiger partial charge in [-0.15, -0.1) is 0 Å². The maximum absolute atomic E-state index is 14.8. The lowest BCUT2D eigenvalue weighted by Crippen LogP contribution is -2.38. The average molecular weight is 477 g/mol. The van der Waals surface area contributed by atoms with E-state index in [4.69, 9.17) is 0 Å². The lowest BCUT2D eigenvalue weighted by Gasteiger charge is -2.26. The second-order valence-electron chi connectivity index (χ2n) is 7.93. The molecule has 2 N–H and O–H groups in total. The van der Waals surface area contributed by atoms with Crippen LogP contribution in [0.25, 0.3) is 0 Å². The van der Waals surface area contributed by atoms with Gasteiger partial charge in [-0.2, -0.15) is 13.2 Å². The highest BCUT2D eigenvalue weighted by Crippen LogP contribution is 2.29. The molecule has 3 rings (SSSR count). The Labute approximate surface area is 194 Å². The number of nitrogens with one attached hydrogen (secondary N) is 2. The van der Waals surface area contributed by atoms with Gasteiger partial charge >= 0.3 is 6.18 Å². The zero-order valence-electron chi connectivity index (χ0n) is 18.6. The van der Waals surface area contributed by atoms with Crippen molar-refractivity contribution >= 4 is 5.91 Å². The molecule has 4 nitrogen and oxygen atoms in total. The van der Waals surface area contributed by atoms with Crippen molar-refractivity contribution in [2.24, 2.45) is 0 Å². The summed E-state index contributed by atoms with van der Waals surface area (Å²) in [4.78, 5) is 16.1. The summed E-state index contributed by atoms with van der Waals surface area (Å²) in [6.45, 7) is 1.80. The lowest BCUT2D eigenvalue weighted by atomic mass is 9.95. The highest BCUT2D eigenvalue weighted by molar-refractivity contribution is 5.83. The van der Waals surface area contributed by atoms with Crippen LogP contribution < -0.4 is 10.6 Å². The Balaban J connectivity index is 1.90. The van der Waals surface area contributed by atoms with E-state index in [2.05, 4.69) is 15.6 Å². The van der Waals surface area contributed by atoms with Crippen LogP contribution in [0.15, 0.2) is 60.8 Å². The maximum Gasteiger partial charge on any atom is 0.433 e. The van der Waals surface area contributed by atoms with E-state index in [-0.39, 0.29) is 12.8 Å². The Morgan fingerprint density at radius 3 is 2.32 bits per heavy atom. The number of nitrogens with zero attached hydrogens (tertiary/aromatic N) is 1. The van der Waals surface area contributed by atoms with Crippen molar-refractivity contribution in [3.8, 4) is 0 Å². The lowest BCUT2D eigenvalue weighted by molar-refractivity contribution is -0.141. The van der Waals surface area contributed by atoms with Gasteiger partial charge < -0.3 is 5.32 Å². The van der Waals surface area contributed by atoms with Gasteiger partial charge in [0.15, 0.2) is 0 Å². The van der Waals surface area contributed by atoms with Crippen molar-refractivity contribution in [1.29, 1.82) is 0 Å². The summed E-state index contributed by atoms with van der Waals surface area (Å²) in [5.41, 5.74) is 1.14. The summed E-state index contributed by atoms with van der Waals surface area (Å²) >= 11 is 0. The Bertz CT molecular complexity index is 1110. The third-order valence-electron chi connectivity index (χ3n) is 5.44. The van der Waals surface area contributed by atoms with Gasteiger partial charge in [0.05, 0.1) is 0 Å². The summed E-state index contributed by atoms with van der Waals surface area (Å²) in [6.07, 6.45) is -2.85. The summed E-state index contributed by atoms with van der Waals surface area (Å²) in [5.74, 6) is -1.35. The van der Waals surface area contributed by atoms with Crippen molar-refractivity contribution in [2.45, 2.75) is 38.0 Å². The van der Waals surface area contributed by atoms with Gasteiger partial charge in [0.25, 0.3) is 0 Å². The number of amides is 1. The van der Waals surface area contributed by atoms with Gasteiger partial charge in [-0.1, -0.05) is 35.9 Å². The zero-order valence-corrected chi connectivity index (χ0v) is 18.6. The number of aryl methyl sites for hydroxylation is 2. The van der Waals surface area contributed by atoms with E-state index in [1.54, 1.807) is 19.1 Å². The van der Waals surface area contributed by atoms with E-state index in [0.717, 1.165) is 17.8 Å². The predicted molar refractivity (Wildman–Crippen MR) is 118 cm³/mol. The van der Waals surface area contributed by atoms with E-state index in [1.807, 2.05) is 0 Å². The third kappa shape index (κ3) is 6.38. The van der Waals surface area contributed by atoms with Gasteiger partial charge in [-0.25, -0.2) is 8.78 Å². The molecular weight excluding hydrogens is 453 g/mol. The zero-order chi connectivity index (χ0) is 24.9. The first-order valence-corrected chi connectivity index (χ1v) is 10.6. The number of likely N-dealkylation sites (N-methyl/N-ethyl adjacent to an activating group) is 1. The SMILES string of the molecule is CNC(=O)[C@@H](N[C@H](CCc1ccc(C(F)(F)F)nc1)c1cc(C)ccc1F)c1ccc(F)cc1. The molecule has 0 aliphatic rings. The number of carbonyl (C=O) groups excluding carboxylic acids is 1. The maximum atomic E-state index is 14.8. The number of aromatic nitrogens is 1. The summed E-state index contributed by atoms with van der Waals surface area (Å²) in [7, 11) is 1.46. The van der Waals surface area contributed by atoms with E-state index in [9.17, 15) is 26.7 Å².